The molecule has 4 rings (SSSR count). The molecule has 1 saturated heterocycles. The van der Waals surface area contributed by atoms with Crippen LogP contribution in [-0.4, -0.2) is 51.6 Å². The molecule has 0 saturated carbocycles. The quantitative estimate of drug-likeness (QED) is 0.724. The molecule has 122 valence electrons. The van der Waals surface area contributed by atoms with Gasteiger partial charge in [-0.25, -0.2) is 0 Å². The van der Waals surface area contributed by atoms with E-state index >= 15 is 0 Å². The molecule has 0 bridgehead atoms. The standard InChI is InChI=1S/C18H19N5O/c1-14-5-6-17(20-19-14)21-8-10-22(11-9-21)18(24)15-12-16-4-2-3-7-23(16)13-15/h2-7,12-13H,8-11H2,1H3. The van der Waals surface area contributed by atoms with E-state index in [1.165, 1.54) is 0 Å². The number of anilines is 1. The van der Waals surface area contributed by atoms with Gasteiger partial charge in [0, 0.05) is 44.1 Å². The Hall–Kier alpha value is -2.89. The van der Waals surface area contributed by atoms with Gasteiger partial charge in [-0.15, -0.1) is 5.10 Å². The van der Waals surface area contributed by atoms with Crippen LogP contribution in [0.1, 0.15) is 16.1 Å². The lowest BCUT2D eigenvalue weighted by Crippen LogP contribution is -2.49. The number of aryl methyl sites for hydroxylation is 1. The Morgan fingerprint density at radius 1 is 1.04 bits per heavy atom. The summed E-state index contributed by atoms with van der Waals surface area (Å²) >= 11 is 0. The van der Waals surface area contributed by atoms with E-state index in [1.54, 1.807) is 0 Å². The van der Waals surface area contributed by atoms with Crippen LogP contribution in [0.4, 0.5) is 5.82 Å². The third kappa shape index (κ3) is 2.71. The molecule has 1 amide bonds. The van der Waals surface area contributed by atoms with E-state index in [-0.39, 0.29) is 5.91 Å². The second-order valence-corrected chi connectivity index (χ2v) is 6.07. The Kier molecular flexibility index (Phi) is 3.65. The van der Waals surface area contributed by atoms with Gasteiger partial charge in [-0.05, 0) is 37.3 Å². The number of carbonyl (C=O) groups is 1. The third-order valence-electron chi connectivity index (χ3n) is 4.43. The highest BCUT2D eigenvalue weighted by molar-refractivity contribution is 5.95. The summed E-state index contributed by atoms with van der Waals surface area (Å²) in [4.78, 5) is 16.8. The molecule has 0 atom stereocenters. The van der Waals surface area contributed by atoms with Crippen molar-refractivity contribution in [3.05, 3.63) is 60.0 Å². The molecule has 4 heterocycles. The van der Waals surface area contributed by atoms with Gasteiger partial charge in [-0.3, -0.25) is 4.79 Å². The number of pyridine rings is 1. The zero-order chi connectivity index (χ0) is 16.5. The highest BCUT2D eigenvalue weighted by atomic mass is 16.2. The second kappa shape index (κ2) is 5.96. The van der Waals surface area contributed by atoms with E-state index in [0.29, 0.717) is 13.1 Å². The highest BCUT2D eigenvalue weighted by Gasteiger charge is 2.23. The van der Waals surface area contributed by atoms with Gasteiger partial charge in [-0.2, -0.15) is 5.10 Å². The Morgan fingerprint density at radius 2 is 1.88 bits per heavy atom. The van der Waals surface area contributed by atoms with E-state index in [9.17, 15) is 4.79 Å². The van der Waals surface area contributed by atoms with Crippen LogP contribution in [0.15, 0.2) is 48.8 Å². The van der Waals surface area contributed by atoms with Gasteiger partial charge in [0.2, 0.25) is 0 Å². The van der Waals surface area contributed by atoms with Gasteiger partial charge in [0.1, 0.15) is 0 Å². The lowest BCUT2D eigenvalue weighted by atomic mass is 10.2. The first-order valence-corrected chi connectivity index (χ1v) is 8.12. The first kappa shape index (κ1) is 14.7. The summed E-state index contributed by atoms with van der Waals surface area (Å²) < 4.78 is 1.98. The lowest BCUT2D eigenvalue weighted by molar-refractivity contribution is 0.0746. The van der Waals surface area contributed by atoms with Crippen molar-refractivity contribution in [2.24, 2.45) is 0 Å². The maximum atomic E-state index is 12.7. The molecule has 0 radical (unpaired) electrons. The fourth-order valence-corrected chi connectivity index (χ4v) is 3.05. The molecule has 3 aromatic heterocycles. The molecule has 0 unspecified atom stereocenters. The van der Waals surface area contributed by atoms with Crippen molar-refractivity contribution in [1.82, 2.24) is 19.5 Å². The SMILES string of the molecule is Cc1ccc(N2CCN(C(=O)c3cc4ccccn4c3)CC2)nn1. The fraction of sp³-hybridized carbons (Fsp3) is 0.278. The third-order valence-corrected chi connectivity index (χ3v) is 4.43. The van der Waals surface area contributed by atoms with Crippen LogP contribution in [0.3, 0.4) is 0 Å². The highest BCUT2D eigenvalue weighted by Crippen LogP contribution is 2.16. The number of hydrogen-bond acceptors (Lipinski definition) is 4. The number of fused-ring (bicyclic) bond motifs is 1. The van der Waals surface area contributed by atoms with Crippen molar-refractivity contribution >= 4 is 17.2 Å². The summed E-state index contributed by atoms with van der Waals surface area (Å²) in [5.41, 5.74) is 2.69. The minimum atomic E-state index is 0.0911. The predicted octanol–water partition coefficient (Wildman–Crippen LogP) is 2.00. The van der Waals surface area contributed by atoms with E-state index in [0.717, 1.165) is 35.7 Å². The van der Waals surface area contributed by atoms with Crippen molar-refractivity contribution < 1.29 is 4.79 Å². The van der Waals surface area contributed by atoms with Gasteiger partial charge in [0.05, 0.1) is 11.3 Å². The minimum absolute atomic E-state index is 0.0911. The van der Waals surface area contributed by atoms with Crippen LogP contribution < -0.4 is 4.90 Å². The number of rotatable bonds is 2. The summed E-state index contributed by atoms with van der Waals surface area (Å²) in [6.07, 6.45) is 3.86. The van der Waals surface area contributed by atoms with Crippen molar-refractivity contribution in [3.8, 4) is 0 Å². The largest absolute Gasteiger partial charge is 0.352 e. The number of amides is 1. The number of piperazine rings is 1. The first-order chi connectivity index (χ1) is 11.7. The van der Waals surface area contributed by atoms with Gasteiger partial charge >= 0.3 is 0 Å². The maximum Gasteiger partial charge on any atom is 0.255 e. The van der Waals surface area contributed by atoms with Crippen molar-refractivity contribution in [2.45, 2.75) is 6.92 Å². The lowest BCUT2D eigenvalue weighted by Gasteiger charge is -2.35. The van der Waals surface area contributed by atoms with Crippen molar-refractivity contribution in [2.75, 3.05) is 31.1 Å². The van der Waals surface area contributed by atoms with Gasteiger partial charge in [-0.1, -0.05) is 6.07 Å². The molecule has 0 aromatic carbocycles. The number of hydrogen-bond donors (Lipinski definition) is 0. The average molecular weight is 321 g/mol. The molecule has 6 heteroatoms. The maximum absolute atomic E-state index is 12.7. The number of carbonyl (C=O) groups excluding carboxylic acids is 1. The van der Waals surface area contributed by atoms with Crippen molar-refractivity contribution in [3.63, 3.8) is 0 Å². The van der Waals surface area contributed by atoms with Gasteiger partial charge in [0.15, 0.2) is 5.82 Å². The smallest absolute Gasteiger partial charge is 0.255 e. The second-order valence-electron chi connectivity index (χ2n) is 6.07. The molecule has 1 aliphatic heterocycles. The van der Waals surface area contributed by atoms with Gasteiger partial charge < -0.3 is 14.2 Å². The van der Waals surface area contributed by atoms with Crippen LogP contribution in [-0.2, 0) is 0 Å². The monoisotopic (exact) mass is 321 g/mol. The molecule has 1 fully saturated rings. The average Bonchev–Trinajstić information content (AvgIpc) is 3.06. The molecule has 6 nitrogen and oxygen atoms in total. The molecule has 24 heavy (non-hydrogen) atoms. The summed E-state index contributed by atoms with van der Waals surface area (Å²) in [7, 11) is 0. The summed E-state index contributed by atoms with van der Waals surface area (Å²) in [6, 6.07) is 11.8. The van der Waals surface area contributed by atoms with Crippen LogP contribution >= 0.6 is 0 Å². The first-order valence-electron chi connectivity index (χ1n) is 8.12. The van der Waals surface area contributed by atoms with Crippen LogP contribution in [0.25, 0.3) is 5.52 Å². The molecule has 0 N–H and O–H groups in total. The van der Waals surface area contributed by atoms with Crippen LogP contribution in [0, 0.1) is 6.92 Å². The van der Waals surface area contributed by atoms with E-state index in [2.05, 4.69) is 15.1 Å². The Labute approximate surface area is 140 Å². The zero-order valence-corrected chi connectivity index (χ0v) is 13.6. The van der Waals surface area contributed by atoms with E-state index < -0.39 is 0 Å². The summed E-state index contributed by atoms with van der Waals surface area (Å²) in [6.45, 7) is 4.87. The zero-order valence-electron chi connectivity index (χ0n) is 13.6. The molecule has 0 spiro atoms. The molecular formula is C18H19N5O. The van der Waals surface area contributed by atoms with E-state index in [1.807, 2.05) is 65.0 Å². The molecule has 0 aliphatic carbocycles. The Balaban J connectivity index is 1.45. The van der Waals surface area contributed by atoms with Crippen LogP contribution in [0.2, 0.25) is 0 Å². The Morgan fingerprint density at radius 3 is 2.58 bits per heavy atom. The number of nitrogens with zero attached hydrogens (tertiary/aromatic N) is 5. The molecule has 1 aliphatic rings. The minimum Gasteiger partial charge on any atom is -0.352 e. The predicted molar refractivity (Wildman–Crippen MR) is 92.3 cm³/mol. The molecule has 3 aromatic rings. The topological polar surface area (TPSA) is 53.7 Å². The van der Waals surface area contributed by atoms with Crippen molar-refractivity contribution in [1.29, 1.82) is 0 Å². The number of aromatic nitrogens is 3. The summed E-state index contributed by atoms with van der Waals surface area (Å²) in [5.74, 6) is 0.968. The Bertz CT molecular complexity index is 830. The molecular weight excluding hydrogens is 302 g/mol. The van der Waals surface area contributed by atoms with E-state index in [4.69, 9.17) is 0 Å². The summed E-state index contributed by atoms with van der Waals surface area (Å²) in [5, 5.41) is 8.33. The normalized spacial score (nSPS) is 15.0. The van der Waals surface area contributed by atoms with Crippen LogP contribution in [0.5, 0.6) is 0 Å². The fourth-order valence-electron chi connectivity index (χ4n) is 3.05. The van der Waals surface area contributed by atoms with Gasteiger partial charge in [0.25, 0.3) is 5.91 Å².